The lowest BCUT2D eigenvalue weighted by molar-refractivity contribution is 0.669. The summed E-state index contributed by atoms with van der Waals surface area (Å²) in [6.45, 7) is 0. The van der Waals surface area contributed by atoms with Crippen molar-refractivity contribution in [3.8, 4) is 44.5 Å². The summed E-state index contributed by atoms with van der Waals surface area (Å²) in [6, 6.07) is 51.2. The Morgan fingerprint density at radius 3 is 1.69 bits per heavy atom. The van der Waals surface area contributed by atoms with Crippen molar-refractivity contribution in [1.82, 2.24) is 0 Å². The van der Waals surface area contributed by atoms with Crippen molar-refractivity contribution in [3.05, 3.63) is 182 Å². The standard InChI is InChI=1S/C48H30O/c1-3-13-31(14-4-1)33-23-24-34-30-46-44(29-36(34)27-33)43-28-35(25-26-45(43)49-46)47-39-19-9-11-21-41(39)48(42-22-12-10-20-40(42)47)38-18-8-7-17-37(38)32-15-5-2-6-16-32/h1-30H/i1D,3D,4D,13D,14D. The van der Waals surface area contributed by atoms with Crippen LogP contribution in [-0.2, 0) is 0 Å². The van der Waals surface area contributed by atoms with Gasteiger partial charge >= 0.3 is 0 Å². The number of hydrogen-bond donors (Lipinski definition) is 0. The molecule has 0 atom stereocenters. The highest BCUT2D eigenvalue weighted by atomic mass is 16.3. The molecule has 49 heavy (non-hydrogen) atoms. The fourth-order valence-corrected chi connectivity index (χ4v) is 7.53. The van der Waals surface area contributed by atoms with Crippen molar-refractivity contribution in [1.29, 1.82) is 0 Å². The van der Waals surface area contributed by atoms with Gasteiger partial charge < -0.3 is 4.42 Å². The quantitative estimate of drug-likeness (QED) is 0.177. The lowest BCUT2D eigenvalue weighted by Crippen LogP contribution is -1.92. The molecule has 1 aromatic heterocycles. The topological polar surface area (TPSA) is 13.1 Å². The first-order valence-electron chi connectivity index (χ1n) is 18.9. The number of benzene rings is 9. The highest BCUT2D eigenvalue weighted by Crippen LogP contribution is 2.47. The molecule has 1 nitrogen and oxygen atoms in total. The van der Waals surface area contributed by atoms with Gasteiger partial charge in [0, 0.05) is 10.8 Å². The third kappa shape index (κ3) is 4.47. The summed E-state index contributed by atoms with van der Waals surface area (Å²) in [7, 11) is 0. The van der Waals surface area contributed by atoms with Gasteiger partial charge in [0.1, 0.15) is 11.2 Å². The zero-order chi connectivity index (χ0) is 36.7. The van der Waals surface area contributed by atoms with Gasteiger partial charge in [0.25, 0.3) is 0 Å². The first kappa shape index (κ1) is 23.0. The molecule has 0 saturated heterocycles. The fraction of sp³-hybridized carbons (Fsp3) is 0. The predicted molar refractivity (Wildman–Crippen MR) is 208 cm³/mol. The summed E-state index contributed by atoms with van der Waals surface area (Å²) >= 11 is 0. The van der Waals surface area contributed by atoms with Gasteiger partial charge in [0.2, 0.25) is 0 Å². The van der Waals surface area contributed by atoms with Gasteiger partial charge in [-0.2, -0.15) is 0 Å². The molecule has 1 heterocycles. The van der Waals surface area contributed by atoms with E-state index in [2.05, 4.69) is 127 Å². The number of furan rings is 1. The van der Waals surface area contributed by atoms with Gasteiger partial charge in [-0.05, 0) is 107 Å². The van der Waals surface area contributed by atoms with E-state index in [1.165, 1.54) is 33.0 Å². The molecule has 0 aliphatic heterocycles. The maximum Gasteiger partial charge on any atom is 0.136 e. The molecular formula is C48H30O. The molecule has 0 bridgehead atoms. The molecule has 10 aromatic rings. The van der Waals surface area contributed by atoms with Crippen LogP contribution in [0.15, 0.2) is 186 Å². The molecule has 0 aliphatic rings. The van der Waals surface area contributed by atoms with Crippen molar-refractivity contribution >= 4 is 54.3 Å². The monoisotopic (exact) mass is 627 g/mol. The van der Waals surface area contributed by atoms with E-state index in [9.17, 15) is 0 Å². The molecule has 9 aromatic carbocycles. The van der Waals surface area contributed by atoms with Gasteiger partial charge in [-0.15, -0.1) is 0 Å². The summed E-state index contributed by atoms with van der Waals surface area (Å²) in [5.41, 5.74) is 9.29. The van der Waals surface area contributed by atoms with Crippen LogP contribution in [0.5, 0.6) is 0 Å². The van der Waals surface area contributed by atoms with E-state index in [0.29, 0.717) is 5.56 Å². The van der Waals surface area contributed by atoms with Crippen LogP contribution in [0.4, 0.5) is 0 Å². The van der Waals surface area contributed by atoms with Crippen molar-refractivity contribution in [3.63, 3.8) is 0 Å². The van der Waals surface area contributed by atoms with Crippen LogP contribution in [0.3, 0.4) is 0 Å². The van der Waals surface area contributed by atoms with E-state index >= 15 is 0 Å². The molecule has 0 fully saturated rings. The number of rotatable bonds is 4. The van der Waals surface area contributed by atoms with Crippen molar-refractivity contribution in [2.24, 2.45) is 0 Å². The highest BCUT2D eigenvalue weighted by Gasteiger charge is 2.19. The van der Waals surface area contributed by atoms with Gasteiger partial charge in [0.05, 0.1) is 6.85 Å². The number of hydrogen-bond acceptors (Lipinski definition) is 1. The van der Waals surface area contributed by atoms with Crippen LogP contribution in [0.1, 0.15) is 6.85 Å². The van der Waals surface area contributed by atoms with Crippen LogP contribution in [0.25, 0.3) is 98.8 Å². The molecule has 0 aliphatic carbocycles. The van der Waals surface area contributed by atoms with Crippen molar-refractivity contribution in [2.45, 2.75) is 0 Å². The van der Waals surface area contributed by atoms with Crippen LogP contribution in [0.2, 0.25) is 0 Å². The summed E-state index contributed by atoms with van der Waals surface area (Å²) < 4.78 is 47.9. The minimum absolute atomic E-state index is 0.191. The smallest absolute Gasteiger partial charge is 0.136 e. The van der Waals surface area contributed by atoms with Gasteiger partial charge in [0.15, 0.2) is 0 Å². The summed E-state index contributed by atoms with van der Waals surface area (Å²) in [4.78, 5) is 0. The second kappa shape index (κ2) is 11.1. The lowest BCUT2D eigenvalue weighted by Gasteiger charge is -2.19. The van der Waals surface area contributed by atoms with Crippen molar-refractivity contribution in [2.75, 3.05) is 0 Å². The van der Waals surface area contributed by atoms with E-state index < -0.39 is 6.04 Å². The van der Waals surface area contributed by atoms with E-state index in [1.807, 2.05) is 18.2 Å². The molecule has 10 rings (SSSR count). The third-order valence-electron chi connectivity index (χ3n) is 9.72. The Hall–Kier alpha value is -6.44. The Kier molecular flexibility index (Phi) is 5.20. The van der Waals surface area contributed by atoms with E-state index in [1.54, 1.807) is 6.07 Å². The van der Waals surface area contributed by atoms with Crippen LogP contribution < -0.4 is 0 Å². The Labute approximate surface area is 291 Å². The Balaban J connectivity index is 1.20. The van der Waals surface area contributed by atoms with E-state index in [0.717, 1.165) is 54.6 Å². The maximum atomic E-state index is 8.54. The number of fused-ring (bicyclic) bond motifs is 6. The fourth-order valence-electron chi connectivity index (χ4n) is 7.53. The Morgan fingerprint density at radius 1 is 0.347 bits per heavy atom. The van der Waals surface area contributed by atoms with Gasteiger partial charge in [-0.1, -0.05) is 152 Å². The second-order valence-corrected chi connectivity index (χ2v) is 12.5. The molecule has 0 radical (unpaired) electrons. The summed E-state index contributed by atoms with van der Waals surface area (Å²) in [5, 5.41) is 8.42. The largest absolute Gasteiger partial charge is 0.456 e. The van der Waals surface area contributed by atoms with Gasteiger partial charge in [-0.3, -0.25) is 0 Å². The molecule has 1 heteroatoms. The predicted octanol–water partition coefficient (Wildman–Crippen LogP) is 13.7. The molecular weight excluding hydrogens is 593 g/mol. The molecule has 0 spiro atoms. The first-order valence-corrected chi connectivity index (χ1v) is 16.4. The van der Waals surface area contributed by atoms with E-state index in [-0.39, 0.29) is 29.7 Å². The van der Waals surface area contributed by atoms with Crippen LogP contribution in [0, 0.1) is 0 Å². The van der Waals surface area contributed by atoms with Crippen LogP contribution >= 0.6 is 0 Å². The molecule has 0 amide bonds. The molecule has 0 saturated carbocycles. The third-order valence-corrected chi connectivity index (χ3v) is 9.72. The molecule has 0 unspecified atom stereocenters. The minimum Gasteiger partial charge on any atom is -0.456 e. The maximum absolute atomic E-state index is 8.54. The highest BCUT2D eigenvalue weighted by molar-refractivity contribution is 6.23. The minimum atomic E-state index is -0.399. The van der Waals surface area contributed by atoms with Crippen molar-refractivity contribution < 1.29 is 11.3 Å². The zero-order valence-electron chi connectivity index (χ0n) is 31.3. The average molecular weight is 628 g/mol. The zero-order valence-corrected chi connectivity index (χ0v) is 26.3. The Bertz CT molecular complexity index is 3080. The molecule has 228 valence electrons. The average Bonchev–Trinajstić information content (AvgIpc) is 3.57. The Morgan fingerprint density at radius 2 is 0.959 bits per heavy atom. The second-order valence-electron chi connectivity index (χ2n) is 12.5. The SMILES string of the molecule is [2H]c1c([2H])c([2H])c(-c2ccc3cc4oc5ccc(-c6c7ccccc7c(-c7ccccc7-c7ccccc7)c7ccccc67)cc5c4cc3c2)c([2H])c1[2H]. The van der Waals surface area contributed by atoms with Crippen LogP contribution in [-0.4, -0.2) is 0 Å². The first-order chi connectivity index (χ1) is 26.4. The van der Waals surface area contributed by atoms with E-state index in [4.69, 9.17) is 11.3 Å². The van der Waals surface area contributed by atoms with Gasteiger partial charge in [-0.25, -0.2) is 0 Å². The lowest BCUT2D eigenvalue weighted by atomic mass is 9.83. The molecule has 0 N–H and O–H groups in total. The summed E-state index contributed by atoms with van der Waals surface area (Å²) in [6.07, 6.45) is 0. The summed E-state index contributed by atoms with van der Waals surface area (Å²) in [5.74, 6) is 0. The normalized spacial score (nSPS) is 13.1.